The molecule has 4 heteroatoms. The van der Waals surface area contributed by atoms with Gasteiger partial charge >= 0.3 is 0 Å². The van der Waals surface area contributed by atoms with Crippen molar-refractivity contribution in [3.8, 4) is 0 Å². The lowest BCUT2D eigenvalue weighted by atomic mass is 9.97. The van der Waals surface area contributed by atoms with Gasteiger partial charge in [0.25, 0.3) is 0 Å². The summed E-state index contributed by atoms with van der Waals surface area (Å²) in [5.41, 5.74) is 0. The molecular formula is C12H23N3O. The Morgan fingerprint density at radius 2 is 1.88 bits per heavy atom. The van der Waals surface area contributed by atoms with E-state index in [0.717, 1.165) is 25.4 Å². The second-order valence-electron chi connectivity index (χ2n) is 5.26. The highest BCUT2D eigenvalue weighted by atomic mass is 16.2. The molecule has 2 heterocycles. The number of likely N-dealkylation sites (tertiary alicyclic amines) is 2. The number of hydrogen-bond donors (Lipinski definition) is 1. The molecule has 0 saturated carbocycles. The Morgan fingerprint density at radius 3 is 2.44 bits per heavy atom. The van der Waals surface area contributed by atoms with Crippen LogP contribution in [0.15, 0.2) is 0 Å². The van der Waals surface area contributed by atoms with Gasteiger partial charge in [0.2, 0.25) is 5.91 Å². The van der Waals surface area contributed by atoms with Gasteiger partial charge in [-0.1, -0.05) is 0 Å². The van der Waals surface area contributed by atoms with Gasteiger partial charge in [0.1, 0.15) is 0 Å². The number of likely N-dealkylation sites (N-methyl/N-ethyl adjacent to an activating group) is 1. The largest absolute Gasteiger partial charge is 0.344 e. The van der Waals surface area contributed by atoms with Gasteiger partial charge in [-0.15, -0.1) is 0 Å². The molecule has 92 valence electrons. The van der Waals surface area contributed by atoms with Crippen LogP contribution in [0, 0.1) is 5.92 Å². The first-order chi connectivity index (χ1) is 7.66. The fourth-order valence-electron chi connectivity index (χ4n) is 2.59. The van der Waals surface area contributed by atoms with Crippen LogP contribution in [0.2, 0.25) is 0 Å². The van der Waals surface area contributed by atoms with Crippen LogP contribution >= 0.6 is 0 Å². The van der Waals surface area contributed by atoms with E-state index in [4.69, 9.17) is 0 Å². The molecule has 0 bridgehead atoms. The Bertz CT molecular complexity index is 249. The minimum Gasteiger partial charge on any atom is -0.344 e. The molecule has 0 spiro atoms. The average molecular weight is 225 g/mol. The van der Waals surface area contributed by atoms with Gasteiger partial charge in [-0.25, -0.2) is 0 Å². The zero-order valence-electron chi connectivity index (χ0n) is 10.4. The molecule has 1 atom stereocenters. The molecule has 0 aliphatic carbocycles. The highest BCUT2D eigenvalue weighted by molar-refractivity contribution is 5.83. The molecule has 1 unspecified atom stereocenters. The van der Waals surface area contributed by atoms with Crippen molar-refractivity contribution < 1.29 is 4.79 Å². The monoisotopic (exact) mass is 225 g/mol. The zero-order chi connectivity index (χ0) is 11.5. The molecule has 0 aromatic carbocycles. The Morgan fingerprint density at radius 1 is 1.19 bits per heavy atom. The molecule has 16 heavy (non-hydrogen) atoms. The summed E-state index contributed by atoms with van der Waals surface area (Å²) in [6.07, 6.45) is 3.50. The van der Waals surface area contributed by atoms with Crippen molar-refractivity contribution in [1.82, 2.24) is 15.1 Å². The summed E-state index contributed by atoms with van der Waals surface area (Å²) in [6.45, 7) is 4.32. The maximum atomic E-state index is 11.7. The SMILES string of the molecule is CN1CCC(CNC2CCN(C)C2=O)CC1. The third-order valence-electron chi connectivity index (χ3n) is 3.92. The Balaban J connectivity index is 1.70. The van der Waals surface area contributed by atoms with Crippen LogP contribution in [0.3, 0.4) is 0 Å². The lowest BCUT2D eigenvalue weighted by Crippen LogP contribution is -2.41. The number of nitrogens with zero attached hydrogens (tertiary/aromatic N) is 2. The van der Waals surface area contributed by atoms with Crippen molar-refractivity contribution in [2.45, 2.75) is 25.3 Å². The van der Waals surface area contributed by atoms with Crippen LogP contribution in [0.25, 0.3) is 0 Å². The Hall–Kier alpha value is -0.610. The van der Waals surface area contributed by atoms with Crippen molar-refractivity contribution in [2.24, 2.45) is 5.92 Å². The number of carbonyl (C=O) groups is 1. The van der Waals surface area contributed by atoms with E-state index in [1.165, 1.54) is 25.9 Å². The summed E-state index contributed by atoms with van der Waals surface area (Å²) < 4.78 is 0. The zero-order valence-corrected chi connectivity index (χ0v) is 10.4. The van der Waals surface area contributed by atoms with Gasteiger partial charge in [0.05, 0.1) is 6.04 Å². The summed E-state index contributed by atoms with van der Waals surface area (Å²) in [5.74, 6) is 1.03. The van der Waals surface area contributed by atoms with Gasteiger partial charge in [0.15, 0.2) is 0 Å². The molecule has 1 amide bonds. The first kappa shape index (κ1) is 11.9. The van der Waals surface area contributed by atoms with Crippen LogP contribution in [0.5, 0.6) is 0 Å². The van der Waals surface area contributed by atoms with E-state index >= 15 is 0 Å². The Kier molecular flexibility index (Phi) is 3.82. The number of piperidine rings is 1. The minimum absolute atomic E-state index is 0.0876. The third-order valence-corrected chi connectivity index (χ3v) is 3.92. The van der Waals surface area contributed by atoms with Gasteiger partial charge in [-0.2, -0.15) is 0 Å². The van der Waals surface area contributed by atoms with E-state index < -0.39 is 0 Å². The highest BCUT2D eigenvalue weighted by Crippen LogP contribution is 2.16. The predicted octanol–water partition coefficient (Wildman–Crippen LogP) is 0.149. The molecule has 0 aromatic heterocycles. The fourth-order valence-corrected chi connectivity index (χ4v) is 2.59. The van der Waals surface area contributed by atoms with Crippen LogP contribution in [-0.2, 0) is 4.79 Å². The van der Waals surface area contributed by atoms with E-state index in [2.05, 4.69) is 17.3 Å². The molecule has 4 nitrogen and oxygen atoms in total. The molecule has 2 rings (SSSR count). The molecule has 2 saturated heterocycles. The topological polar surface area (TPSA) is 35.6 Å². The van der Waals surface area contributed by atoms with Crippen LogP contribution in [-0.4, -0.2) is 62.0 Å². The second kappa shape index (κ2) is 5.15. The summed E-state index contributed by atoms with van der Waals surface area (Å²) in [5, 5.41) is 3.44. The third kappa shape index (κ3) is 2.74. The number of nitrogens with one attached hydrogen (secondary N) is 1. The number of hydrogen-bond acceptors (Lipinski definition) is 3. The average Bonchev–Trinajstić information content (AvgIpc) is 2.60. The van der Waals surface area contributed by atoms with Crippen molar-refractivity contribution in [3.05, 3.63) is 0 Å². The predicted molar refractivity (Wildman–Crippen MR) is 64.3 cm³/mol. The molecule has 0 radical (unpaired) electrons. The van der Waals surface area contributed by atoms with Crippen molar-refractivity contribution >= 4 is 5.91 Å². The molecule has 1 N–H and O–H groups in total. The molecule has 2 aliphatic heterocycles. The molecule has 0 aromatic rings. The normalized spacial score (nSPS) is 29.0. The molecular weight excluding hydrogens is 202 g/mol. The van der Waals surface area contributed by atoms with Crippen molar-refractivity contribution in [2.75, 3.05) is 40.3 Å². The molecule has 2 fully saturated rings. The lowest BCUT2D eigenvalue weighted by molar-refractivity contribution is -0.128. The van der Waals surface area contributed by atoms with Crippen molar-refractivity contribution in [3.63, 3.8) is 0 Å². The van der Waals surface area contributed by atoms with Crippen molar-refractivity contribution in [1.29, 1.82) is 0 Å². The van der Waals surface area contributed by atoms with E-state index in [-0.39, 0.29) is 11.9 Å². The first-order valence-electron chi connectivity index (χ1n) is 6.33. The minimum atomic E-state index is 0.0876. The maximum Gasteiger partial charge on any atom is 0.239 e. The standard InChI is InChI=1S/C12H23N3O/c1-14-6-3-10(4-7-14)9-13-11-5-8-15(2)12(11)16/h10-11,13H,3-9H2,1-2H3. The van der Waals surface area contributed by atoms with Gasteiger partial charge in [-0.05, 0) is 51.9 Å². The van der Waals surface area contributed by atoms with Gasteiger partial charge < -0.3 is 15.1 Å². The van der Waals surface area contributed by atoms with E-state index in [1.54, 1.807) is 0 Å². The van der Waals surface area contributed by atoms with E-state index in [1.807, 2.05) is 11.9 Å². The smallest absolute Gasteiger partial charge is 0.239 e. The maximum absolute atomic E-state index is 11.7. The summed E-state index contributed by atoms with van der Waals surface area (Å²) in [4.78, 5) is 15.9. The first-order valence-corrected chi connectivity index (χ1v) is 6.33. The summed E-state index contributed by atoms with van der Waals surface area (Å²) in [6, 6.07) is 0.0876. The number of amides is 1. The number of carbonyl (C=O) groups excluding carboxylic acids is 1. The summed E-state index contributed by atoms with van der Waals surface area (Å²) in [7, 11) is 4.07. The Labute approximate surface area is 98.0 Å². The quantitative estimate of drug-likeness (QED) is 0.742. The van der Waals surface area contributed by atoms with Crippen LogP contribution in [0.1, 0.15) is 19.3 Å². The van der Waals surface area contributed by atoms with Gasteiger partial charge in [0, 0.05) is 13.6 Å². The summed E-state index contributed by atoms with van der Waals surface area (Å²) >= 11 is 0. The van der Waals surface area contributed by atoms with E-state index in [9.17, 15) is 4.79 Å². The fraction of sp³-hybridized carbons (Fsp3) is 0.917. The lowest BCUT2D eigenvalue weighted by Gasteiger charge is -2.29. The van der Waals surface area contributed by atoms with Gasteiger partial charge in [-0.3, -0.25) is 4.79 Å². The number of rotatable bonds is 3. The van der Waals surface area contributed by atoms with Crippen LogP contribution in [0.4, 0.5) is 0 Å². The molecule has 2 aliphatic rings. The van der Waals surface area contributed by atoms with Crippen LogP contribution < -0.4 is 5.32 Å². The van der Waals surface area contributed by atoms with E-state index in [0.29, 0.717) is 0 Å². The second-order valence-corrected chi connectivity index (χ2v) is 5.26. The highest BCUT2D eigenvalue weighted by Gasteiger charge is 2.29.